The number of nitrogens with zero attached hydrogens (tertiary/aromatic N) is 2. The second-order valence-electron chi connectivity index (χ2n) is 7.21. The third kappa shape index (κ3) is 4.22. The quantitative estimate of drug-likeness (QED) is 0.505. The number of rotatable bonds is 4. The molecule has 4 rings (SSSR count). The third-order valence-electron chi connectivity index (χ3n) is 4.46. The van der Waals surface area contributed by atoms with Gasteiger partial charge in [-0.25, -0.2) is 9.38 Å². The molecule has 2 aromatic carbocycles. The van der Waals surface area contributed by atoms with Crippen LogP contribution in [-0.2, 0) is 0 Å². The minimum Gasteiger partial charge on any atom is -0.352 e. The van der Waals surface area contributed by atoms with Crippen LogP contribution in [0.5, 0.6) is 0 Å². The Kier molecular flexibility index (Phi) is 5.45. The second kappa shape index (κ2) is 8.17. The van der Waals surface area contributed by atoms with E-state index in [1.54, 1.807) is 23.9 Å². The molecule has 0 saturated heterocycles. The molecule has 0 fully saturated rings. The van der Waals surface area contributed by atoms with Crippen LogP contribution in [0.2, 0.25) is 0 Å². The highest BCUT2D eigenvalue weighted by Crippen LogP contribution is 2.41. The van der Waals surface area contributed by atoms with E-state index in [0.717, 1.165) is 15.4 Å². The average molecular weight is 405 g/mol. The highest BCUT2D eigenvalue weighted by molar-refractivity contribution is 7.99. The van der Waals surface area contributed by atoms with Gasteiger partial charge in [0.15, 0.2) is 0 Å². The van der Waals surface area contributed by atoms with Crippen LogP contribution in [0.3, 0.4) is 0 Å². The first-order valence-electron chi connectivity index (χ1n) is 9.41. The predicted molar refractivity (Wildman–Crippen MR) is 114 cm³/mol. The summed E-state index contributed by atoms with van der Waals surface area (Å²) < 4.78 is 13.4. The minimum atomic E-state index is -0.393. The monoisotopic (exact) mass is 405 g/mol. The van der Waals surface area contributed by atoms with Gasteiger partial charge in [-0.2, -0.15) is 0 Å². The molecular weight excluding hydrogens is 385 g/mol. The fourth-order valence-corrected chi connectivity index (χ4v) is 4.00. The molecule has 0 atom stereocenters. The Labute approximate surface area is 173 Å². The maximum absolute atomic E-state index is 13.4. The maximum atomic E-state index is 13.4. The van der Waals surface area contributed by atoms with Crippen LogP contribution < -0.4 is 5.32 Å². The number of hydrogen-bond acceptors (Lipinski definition) is 4. The first kappa shape index (κ1) is 19.3. The second-order valence-corrected chi connectivity index (χ2v) is 8.29. The van der Waals surface area contributed by atoms with E-state index in [1.165, 1.54) is 12.3 Å². The summed E-state index contributed by atoms with van der Waals surface area (Å²) in [5.74, 6) is -0.140. The van der Waals surface area contributed by atoms with Crippen molar-refractivity contribution in [3.8, 4) is 0 Å². The molecule has 1 aromatic heterocycles. The lowest BCUT2D eigenvalue weighted by Crippen LogP contribution is -2.27. The number of aromatic nitrogens is 1. The van der Waals surface area contributed by atoms with Gasteiger partial charge >= 0.3 is 0 Å². The van der Waals surface area contributed by atoms with Gasteiger partial charge in [-0.05, 0) is 42.3 Å². The molecule has 1 N–H and O–H groups in total. The molecule has 0 aliphatic carbocycles. The van der Waals surface area contributed by atoms with Crippen molar-refractivity contribution in [1.82, 2.24) is 10.3 Å². The third-order valence-corrected chi connectivity index (χ3v) is 5.60. The predicted octanol–water partition coefficient (Wildman–Crippen LogP) is 5.24. The van der Waals surface area contributed by atoms with Crippen LogP contribution in [0.15, 0.2) is 75.6 Å². The number of fused-ring (bicyclic) bond motifs is 2. The van der Waals surface area contributed by atoms with E-state index in [9.17, 15) is 9.18 Å². The standard InChI is InChI=1S/C23H20FN3OS/c1-14(2)12-26-23(28)15-7-10-21-19(11-15)27-22(18-9-8-16(24)13-25-18)17-5-3-4-6-20(17)29-21/h3-11,13-14H,12H2,1-2H3,(H,26,28). The molecule has 1 aliphatic heterocycles. The number of carbonyl (C=O) groups is 1. The summed E-state index contributed by atoms with van der Waals surface area (Å²) in [7, 11) is 0. The molecule has 6 heteroatoms. The Hall–Kier alpha value is -2.99. The first-order chi connectivity index (χ1) is 14.0. The Bertz CT molecular complexity index is 1090. The van der Waals surface area contributed by atoms with Crippen molar-refractivity contribution in [2.24, 2.45) is 10.9 Å². The molecule has 0 radical (unpaired) electrons. The van der Waals surface area contributed by atoms with Gasteiger partial charge in [-0.3, -0.25) is 9.78 Å². The lowest BCUT2D eigenvalue weighted by Gasteiger charge is -2.09. The molecule has 1 amide bonds. The summed E-state index contributed by atoms with van der Waals surface area (Å²) in [5.41, 5.74) is 3.43. The number of amides is 1. The van der Waals surface area contributed by atoms with Crippen LogP contribution in [-0.4, -0.2) is 23.1 Å². The average Bonchev–Trinajstić information content (AvgIpc) is 2.88. The van der Waals surface area contributed by atoms with E-state index >= 15 is 0 Å². The normalized spacial score (nSPS) is 12.6. The maximum Gasteiger partial charge on any atom is 0.251 e. The first-order valence-corrected chi connectivity index (χ1v) is 10.2. The molecule has 0 bridgehead atoms. The summed E-state index contributed by atoms with van der Waals surface area (Å²) in [4.78, 5) is 23.6. The molecule has 1 aliphatic rings. The van der Waals surface area contributed by atoms with Crippen molar-refractivity contribution in [3.63, 3.8) is 0 Å². The lowest BCUT2D eigenvalue weighted by atomic mass is 10.1. The van der Waals surface area contributed by atoms with Crippen LogP contribution >= 0.6 is 11.8 Å². The summed E-state index contributed by atoms with van der Waals surface area (Å²) in [6.07, 6.45) is 1.19. The SMILES string of the molecule is CC(C)CNC(=O)c1ccc2c(c1)N=C(c1ccc(F)cn1)c1ccccc1S2. The molecule has 0 unspecified atom stereocenters. The van der Waals surface area contributed by atoms with Gasteiger partial charge in [-0.15, -0.1) is 0 Å². The van der Waals surface area contributed by atoms with Gasteiger partial charge in [0.1, 0.15) is 5.82 Å². The number of benzene rings is 2. The summed E-state index contributed by atoms with van der Waals surface area (Å²) in [5, 5.41) is 2.94. The van der Waals surface area contributed by atoms with Crippen LogP contribution in [0.4, 0.5) is 10.1 Å². The highest BCUT2D eigenvalue weighted by atomic mass is 32.2. The van der Waals surface area contributed by atoms with E-state index in [-0.39, 0.29) is 5.91 Å². The van der Waals surface area contributed by atoms with Gasteiger partial charge < -0.3 is 5.32 Å². The zero-order valence-corrected chi connectivity index (χ0v) is 17.0. The number of pyridine rings is 1. The van der Waals surface area contributed by atoms with Crippen LogP contribution in [0.1, 0.15) is 35.5 Å². The van der Waals surface area contributed by atoms with Crippen molar-refractivity contribution in [2.75, 3.05) is 6.54 Å². The Morgan fingerprint density at radius 2 is 1.93 bits per heavy atom. The molecule has 0 spiro atoms. The van der Waals surface area contributed by atoms with E-state index in [0.29, 0.717) is 35.1 Å². The molecular formula is C23H20FN3OS. The molecule has 2 heterocycles. The molecule has 29 heavy (non-hydrogen) atoms. The number of carbonyl (C=O) groups excluding carboxylic acids is 1. The van der Waals surface area contributed by atoms with Gasteiger partial charge in [0.25, 0.3) is 5.91 Å². The molecule has 146 valence electrons. The molecule has 3 aromatic rings. The van der Waals surface area contributed by atoms with Crippen molar-refractivity contribution in [2.45, 2.75) is 23.6 Å². The van der Waals surface area contributed by atoms with Crippen molar-refractivity contribution < 1.29 is 9.18 Å². The fourth-order valence-electron chi connectivity index (χ4n) is 2.99. The number of aliphatic imine (C=N–C) groups is 1. The van der Waals surface area contributed by atoms with E-state index < -0.39 is 5.82 Å². The Morgan fingerprint density at radius 3 is 2.69 bits per heavy atom. The van der Waals surface area contributed by atoms with E-state index in [4.69, 9.17) is 4.99 Å². The topological polar surface area (TPSA) is 54.4 Å². The summed E-state index contributed by atoms with van der Waals surface area (Å²) in [6.45, 7) is 4.72. The van der Waals surface area contributed by atoms with Gasteiger partial charge in [0.2, 0.25) is 0 Å². The fraction of sp³-hybridized carbons (Fsp3) is 0.174. The Morgan fingerprint density at radius 1 is 1.10 bits per heavy atom. The zero-order valence-electron chi connectivity index (χ0n) is 16.1. The number of halogens is 1. The zero-order chi connectivity index (χ0) is 20.4. The minimum absolute atomic E-state index is 0.120. The van der Waals surface area contributed by atoms with Crippen molar-refractivity contribution in [3.05, 3.63) is 83.4 Å². The van der Waals surface area contributed by atoms with E-state index in [2.05, 4.69) is 24.1 Å². The van der Waals surface area contributed by atoms with E-state index in [1.807, 2.05) is 36.4 Å². The van der Waals surface area contributed by atoms with Gasteiger partial charge in [0.05, 0.1) is 23.3 Å². The lowest BCUT2D eigenvalue weighted by molar-refractivity contribution is 0.0949. The summed E-state index contributed by atoms with van der Waals surface area (Å²) >= 11 is 1.60. The van der Waals surface area contributed by atoms with Crippen LogP contribution in [0.25, 0.3) is 0 Å². The Balaban J connectivity index is 1.80. The molecule has 4 nitrogen and oxygen atoms in total. The number of hydrogen-bond donors (Lipinski definition) is 1. The highest BCUT2D eigenvalue weighted by Gasteiger charge is 2.20. The smallest absolute Gasteiger partial charge is 0.251 e. The van der Waals surface area contributed by atoms with Crippen molar-refractivity contribution in [1.29, 1.82) is 0 Å². The molecule has 0 saturated carbocycles. The summed E-state index contributed by atoms with van der Waals surface area (Å²) in [6, 6.07) is 16.5. The van der Waals surface area contributed by atoms with Crippen molar-refractivity contribution >= 4 is 29.1 Å². The number of nitrogens with one attached hydrogen (secondary N) is 1. The van der Waals surface area contributed by atoms with Gasteiger partial charge in [0, 0.05) is 27.5 Å². The van der Waals surface area contributed by atoms with Gasteiger partial charge in [-0.1, -0.05) is 43.8 Å². The largest absolute Gasteiger partial charge is 0.352 e. The van der Waals surface area contributed by atoms with Crippen LogP contribution in [0, 0.1) is 11.7 Å².